The van der Waals surface area contributed by atoms with Crippen LogP contribution in [0.3, 0.4) is 0 Å². The Balaban J connectivity index is 1.50. The molecule has 1 aliphatic heterocycles. The monoisotopic (exact) mass is 528 g/mol. The number of ketones is 1. The summed E-state index contributed by atoms with van der Waals surface area (Å²) in [5.74, 6) is -4.67. The van der Waals surface area contributed by atoms with Crippen molar-refractivity contribution in [2.45, 2.75) is 25.0 Å². The number of aliphatic hydroxyl groups excluding tert-OH is 1. The van der Waals surface area contributed by atoms with Crippen LogP contribution in [0, 0.1) is 17.5 Å². The van der Waals surface area contributed by atoms with Gasteiger partial charge in [0.25, 0.3) is 5.88 Å². The van der Waals surface area contributed by atoms with Gasteiger partial charge in [0.15, 0.2) is 11.6 Å². The first kappa shape index (κ1) is 25.5. The number of pyridine rings is 2. The number of rotatable bonds is 8. The first-order chi connectivity index (χ1) is 18.4. The summed E-state index contributed by atoms with van der Waals surface area (Å²) >= 11 is 0. The molecule has 5 rings (SSSR count). The summed E-state index contributed by atoms with van der Waals surface area (Å²) in [6.45, 7) is 0.219. The molecule has 4 aromatic rings. The Bertz CT molecular complexity index is 1460. The number of aromatic amines is 1. The van der Waals surface area contributed by atoms with E-state index in [0.29, 0.717) is 36.5 Å². The quantitative estimate of drug-likeness (QED) is 0.289. The molecule has 2 atom stereocenters. The average molecular weight is 528 g/mol. The third-order valence-corrected chi connectivity index (χ3v) is 6.24. The lowest BCUT2D eigenvalue weighted by molar-refractivity contribution is -0.0223. The summed E-state index contributed by atoms with van der Waals surface area (Å²) in [5, 5.41) is 12.9. The second-order valence-electron chi connectivity index (χ2n) is 8.67. The fourth-order valence-electron chi connectivity index (χ4n) is 4.34. The van der Waals surface area contributed by atoms with Crippen LogP contribution >= 0.6 is 0 Å². The SMILES string of the molecule is COc1cnc2[nH]cc(C(=O)c3c(F)cc(Oc4ncccc4F)cc3F)c2c1N[C@@H]1CC[C@@H](CO)OC1. The Morgan fingerprint density at radius 2 is 2.00 bits per heavy atom. The van der Waals surface area contributed by atoms with Gasteiger partial charge in [-0.05, 0) is 25.0 Å². The summed E-state index contributed by atoms with van der Waals surface area (Å²) in [6, 6.07) is 3.82. The van der Waals surface area contributed by atoms with Crippen LogP contribution in [0.5, 0.6) is 17.4 Å². The van der Waals surface area contributed by atoms with Gasteiger partial charge in [0.2, 0.25) is 5.78 Å². The fraction of sp³-hybridized carbons (Fsp3) is 0.269. The van der Waals surface area contributed by atoms with Crippen molar-refractivity contribution in [2.75, 3.05) is 25.6 Å². The second kappa shape index (κ2) is 10.7. The lowest BCUT2D eigenvalue weighted by atomic mass is 10.00. The van der Waals surface area contributed by atoms with Gasteiger partial charge in [0.1, 0.15) is 23.0 Å². The number of methoxy groups -OCH3 is 1. The van der Waals surface area contributed by atoms with E-state index in [1.54, 1.807) is 0 Å². The molecule has 0 saturated carbocycles. The molecule has 0 unspecified atom stereocenters. The molecule has 1 aromatic carbocycles. The van der Waals surface area contributed by atoms with E-state index in [-0.39, 0.29) is 35.5 Å². The van der Waals surface area contributed by atoms with Gasteiger partial charge in [0.05, 0.1) is 54.8 Å². The van der Waals surface area contributed by atoms with Gasteiger partial charge in [-0.3, -0.25) is 4.79 Å². The number of aromatic nitrogens is 3. The molecule has 1 aliphatic rings. The Morgan fingerprint density at radius 1 is 1.21 bits per heavy atom. The van der Waals surface area contributed by atoms with Gasteiger partial charge in [0, 0.05) is 30.6 Å². The lowest BCUT2D eigenvalue weighted by Crippen LogP contribution is -2.36. The zero-order valence-electron chi connectivity index (χ0n) is 20.1. The molecule has 3 aromatic heterocycles. The summed E-state index contributed by atoms with van der Waals surface area (Å²) in [5.41, 5.74) is -0.154. The zero-order chi connectivity index (χ0) is 26.8. The van der Waals surface area contributed by atoms with Crippen LogP contribution in [0.4, 0.5) is 18.9 Å². The topological polar surface area (TPSA) is 119 Å². The fourth-order valence-corrected chi connectivity index (χ4v) is 4.34. The molecule has 4 heterocycles. The average Bonchev–Trinajstić information content (AvgIpc) is 3.35. The number of benzene rings is 1. The summed E-state index contributed by atoms with van der Waals surface area (Å²) in [6.07, 6.45) is 5.09. The first-order valence-electron chi connectivity index (χ1n) is 11.7. The standard InChI is InChI=1S/C26H23F3N4O5/c1-36-20-10-32-25-21(23(20)33-13-4-5-14(11-34)37-12-13)16(9-31-25)24(35)22-18(28)7-15(8-19(22)29)38-26-17(27)3-2-6-30-26/h2-3,6-10,13-14,34H,4-5,11-12H2,1H3,(H2,31,32,33)/t13-,14+/m1/s1. The molecule has 0 spiro atoms. The third kappa shape index (κ3) is 4.87. The van der Waals surface area contributed by atoms with Crippen molar-refractivity contribution in [1.82, 2.24) is 15.0 Å². The largest absolute Gasteiger partial charge is 0.493 e. The van der Waals surface area contributed by atoms with Crippen LogP contribution in [-0.4, -0.2) is 58.3 Å². The highest BCUT2D eigenvalue weighted by molar-refractivity contribution is 6.19. The van der Waals surface area contributed by atoms with Gasteiger partial charge in [-0.25, -0.2) is 23.1 Å². The maximum Gasteiger partial charge on any atom is 0.255 e. The van der Waals surface area contributed by atoms with Crippen LogP contribution in [0.2, 0.25) is 0 Å². The van der Waals surface area contributed by atoms with E-state index in [1.165, 1.54) is 31.8 Å². The summed E-state index contributed by atoms with van der Waals surface area (Å²) in [7, 11) is 1.43. The Morgan fingerprint density at radius 3 is 2.66 bits per heavy atom. The molecule has 198 valence electrons. The lowest BCUT2D eigenvalue weighted by Gasteiger charge is -2.29. The Hall–Kier alpha value is -4.16. The minimum absolute atomic E-state index is 0.0406. The van der Waals surface area contributed by atoms with Crippen molar-refractivity contribution in [2.24, 2.45) is 0 Å². The zero-order valence-corrected chi connectivity index (χ0v) is 20.1. The van der Waals surface area contributed by atoms with Crippen LogP contribution in [0.1, 0.15) is 28.8 Å². The third-order valence-electron chi connectivity index (χ3n) is 6.24. The number of fused-ring (bicyclic) bond motifs is 1. The molecule has 0 aliphatic carbocycles. The summed E-state index contributed by atoms with van der Waals surface area (Å²) in [4.78, 5) is 24.3. The summed E-state index contributed by atoms with van der Waals surface area (Å²) < 4.78 is 60.3. The molecule has 1 fully saturated rings. The maximum atomic E-state index is 15.1. The van der Waals surface area contributed by atoms with Crippen molar-refractivity contribution < 1.29 is 37.3 Å². The number of anilines is 1. The number of hydrogen-bond donors (Lipinski definition) is 3. The molecule has 3 N–H and O–H groups in total. The number of aliphatic hydroxyl groups is 1. The van der Waals surface area contributed by atoms with Gasteiger partial charge in [-0.15, -0.1) is 0 Å². The Kier molecular flexibility index (Phi) is 7.16. The molecule has 1 saturated heterocycles. The van der Waals surface area contributed by atoms with Crippen LogP contribution < -0.4 is 14.8 Å². The predicted octanol–water partition coefficient (Wildman–Crippen LogP) is 4.36. The van der Waals surface area contributed by atoms with Crippen molar-refractivity contribution in [1.29, 1.82) is 0 Å². The Labute approximate surface area is 214 Å². The molecule has 9 nitrogen and oxygen atoms in total. The highest BCUT2D eigenvalue weighted by Gasteiger charge is 2.28. The van der Waals surface area contributed by atoms with Crippen LogP contribution in [-0.2, 0) is 4.74 Å². The normalized spacial score (nSPS) is 17.4. The van der Waals surface area contributed by atoms with E-state index in [9.17, 15) is 14.3 Å². The first-order valence-corrected chi connectivity index (χ1v) is 11.7. The number of nitrogens with zero attached hydrogens (tertiary/aromatic N) is 2. The van der Waals surface area contributed by atoms with Crippen LogP contribution in [0.25, 0.3) is 11.0 Å². The number of ether oxygens (including phenoxy) is 3. The number of carbonyl (C=O) groups is 1. The predicted molar refractivity (Wildman–Crippen MR) is 130 cm³/mol. The maximum absolute atomic E-state index is 15.1. The van der Waals surface area contributed by atoms with E-state index < -0.39 is 34.7 Å². The van der Waals surface area contributed by atoms with Gasteiger partial charge < -0.3 is 29.6 Å². The van der Waals surface area contributed by atoms with Crippen molar-refractivity contribution in [3.8, 4) is 17.4 Å². The molecule has 0 bridgehead atoms. The molecular weight excluding hydrogens is 505 g/mol. The highest BCUT2D eigenvalue weighted by Crippen LogP contribution is 2.37. The van der Waals surface area contributed by atoms with Gasteiger partial charge in [-0.2, -0.15) is 0 Å². The number of hydrogen-bond acceptors (Lipinski definition) is 8. The van der Waals surface area contributed by atoms with E-state index in [2.05, 4.69) is 20.3 Å². The van der Waals surface area contributed by atoms with E-state index >= 15 is 8.78 Å². The van der Waals surface area contributed by atoms with Crippen molar-refractivity contribution in [3.63, 3.8) is 0 Å². The smallest absolute Gasteiger partial charge is 0.255 e. The number of halogens is 3. The number of nitrogens with one attached hydrogen (secondary N) is 2. The molecule has 38 heavy (non-hydrogen) atoms. The number of H-pyrrole nitrogens is 1. The van der Waals surface area contributed by atoms with E-state index in [0.717, 1.165) is 18.2 Å². The highest BCUT2D eigenvalue weighted by atomic mass is 19.1. The van der Waals surface area contributed by atoms with Gasteiger partial charge in [-0.1, -0.05) is 0 Å². The minimum atomic E-state index is -1.20. The molecular formula is C26H23F3N4O5. The van der Waals surface area contributed by atoms with Gasteiger partial charge >= 0.3 is 0 Å². The van der Waals surface area contributed by atoms with Crippen molar-refractivity contribution >= 4 is 22.5 Å². The second-order valence-corrected chi connectivity index (χ2v) is 8.67. The van der Waals surface area contributed by atoms with E-state index in [4.69, 9.17) is 14.2 Å². The molecule has 0 radical (unpaired) electrons. The minimum Gasteiger partial charge on any atom is -0.493 e. The van der Waals surface area contributed by atoms with Crippen molar-refractivity contribution in [3.05, 3.63) is 71.4 Å². The van der Waals surface area contributed by atoms with Crippen LogP contribution in [0.15, 0.2) is 42.9 Å². The molecule has 0 amide bonds. The number of carbonyl (C=O) groups excluding carboxylic acids is 1. The van der Waals surface area contributed by atoms with E-state index in [1.807, 2.05) is 0 Å². The molecule has 12 heteroatoms.